The Kier molecular flexibility index (Phi) is 6.52. The molecule has 1 aromatic carbocycles. The van der Waals surface area contributed by atoms with E-state index in [1.54, 1.807) is 31.4 Å². The molecule has 1 heterocycles. The van der Waals surface area contributed by atoms with Crippen LogP contribution >= 0.6 is 11.3 Å². The summed E-state index contributed by atoms with van der Waals surface area (Å²) in [6.45, 7) is 5.29. The van der Waals surface area contributed by atoms with Gasteiger partial charge in [-0.25, -0.2) is 9.37 Å². The van der Waals surface area contributed by atoms with Crippen LogP contribution in [0.3, 0.4) is 0 Å². The van der Waals surface area contributed by atoms with Crippen molar-refractivity contribution in [3.63, 3.8) is 0 Å². The van der Waals surface area contributed by atoms with Crippen molar-refractivity contribution in [1.82, 2.24) is 15.6 Å². The summed E-state index contributed by atoms with van der Waals surface area (Å²) in [6, 6.07) is 5.12. The van der Waals surface area contributed by atoms with E-state index in [-0.39, 0.29) is 5.82 Å². The molecule has 0 saturated carbocycles. The van der Waals surface area contributed by atoms with Crippen LogP contribution in [0.25, 0.3) is 0 Å². The van der Waals surface area contributed by atoms with Crippen LogP contribution in [-0.2, 0) is 19.4 Å². The van der Waals surface area contributed by atoms with E-state index in [9.17, 15) is 4.39 Å². The van der Waals surface area contributed by atoms with Gasteiger partial charge in [0, 0.05) is 37.6 Å². The second-order valence-corrected chi connectivity index (χ2v) is 6.46. The number of rotatable bonds is 6. The Balaban J connectivity index is 1.77. The van der Waals surface area contributed by atoms with Gasteiger partial charge in [-0.3, -0.25) is 4.99 Å². The van der Waals surface area contributed by atoms with Gasteiger partial charge in [0.15, 0.2) is 5.96 Å². The smallest absolute Gasteiger partial charge is 0.191 e. The van der Waals surface area contributed by atoms with Gasteiger partial charge in [0.05, 0.1) is 5.01 Å². The minimum atomic E-state index is -0.175. The lowest BCUT2D eigenvalue weighted by Gasteiger charge is -2.12. The van der Waals surface area contributed by atoms with Crippen LogP contribution in [0.15, 0.2) is 29.4 Å². The molecule has 2 aromatic rings. The number of nitrogens with zero attached hydrogens (tertiary/aromatic N) is 2. The van der Waals surface area contributed by atoms with Crippen molar-refractivity contribution in [2.45, 2.75) is 33.2 Å². The Morgan fingerprint density at radius 2 is 2.17 bits per heavy atom. The third-order valence-corrected chi connectivity index (χ3v) is 4.69. The molecule has 2 rings (SSSR count). The number of nitrogens with one attached hydrogen (secondary N) is 2. The third kappa shape index (κ3) is 5.32. The van der Waals surface area contributed by atoms with Gasteiger partial charge < -0.3 is 10.6 Å². The predicted octanol–water partition coefficient (Wildman–Crippen LogP) is 3.06. The van der Waals surface area contributed by atoms with Crippen LogP contribution in [0.5, 0.6) is 0 Å². The zero-order chi connectivity index (χ0) is 16.7. The van der Waals surface area contributed by atoms with E-state index in [0.717, 1.165) is 35.9 Å². The van der Waals surface area contributed by atoms with E-state index in [1.807, 2.05) is 12.3 Å². The van der Waals surface area contributed by atoms with Gasteiger partial charge in [-0.1, -0.05) is 19.1 Å². The summed E-state index contributed by atoms with van der Waals surface area (Å²) in [5.74, 6) is 0.561. The van der Waals surface area contributed by atoms with E-state index in [1.165, 1.54) is 10.9 Å². The topological polar surface area (TPSA) is 49.3 Å². The molecule has 0 aliphatic carbocycles. The van der Waals surface area contributed by atoms with E-state index >= 15 is 0 Å². The summed E-state index contributed by atoms with van der Waals surface area (Å²) in [4.78, 5) is 9.92. The number of hydrogen-bond acceptors (Lipinski definition) is 3. The van der Waals surface area contributed by atoms with Gasteiger partial charge >= 0.3 is 0 Å². The van der Waals surface area contributed by atoms with Gasteiger partial charge in [0.1, 0.15) is 5.82 Å². The highest BCUT2D eigenvalue weighted by Gasteiger charge is 2.03. The average molecular weight is 334 g/mol. The highest BCUT2D eigenvalue weighted by Crippen LogP contribution is 2.13. The summed E-state index contributed by atoms with van der Waals surface area (Å²) in [7, 11) is 1.74. The Bertz CT molecular complexity index is 666. The fourth-order valence-corrected chi connectivity index (χ4v) is 3.00. The van der Waals surface area contributed by atoms with E-state index in [4.69, 9.17) is 0 Å². The maximum Gasteiger partial charge on any atom is 0.191 e. The predicted molar refractivity (Wildman–Crippen MR) is 94.5 cm³/mol. The molecular weight excluding hydrogens is 311 g/mol. The number of aliphatic imine (C=N–C) groups is 1. The summed E-state index contributed by atoms with van der Waals surface area (Å²) >= 11 is 1.76. The first kappa shape index (κ1) is 17.4. The number of aryl methyl sites for hydroxylation is 2. The van der Waals surface area contributed by atoms with Crippen LogP contribution < -0.4 is 10.6 Å². The molecule has 0 atom stereocenters. The summed E-state index contributed by atoms with van der Waals surface area (Å²) < 4.78 is 13.3. The quantitative estimate of drug-likeness (QED) is 0.630. The number of hydrogen-bond donors (Lipinski definition) is 2. The summed E-state index contributed by atoms with van der Waals surface area (Å²) in [6.07, 6.45) is 3.86. The molecule has 6 heteroatoms. The minimum absolute atomic E-state index is 0.175. The fourth-order valence-electron chi connectivity index (χ4n) is 2.14. The molecule has 0 bridgehead atoms. The van der Waals surface area contributed by atoms with Crippen molar-refractivity contribution in [2.24, 2.45) is 4.99 Å². The van der Waals surface area contributed by atoms with Crippen LogP contribution in [0.1, 0.15) is 27.9 Å². The summed E-state index contributed by atoms with van der Waals surface area (Å²) in [5.41, 5.74) is 1.68. The van der Waals surface area contributed by atoms with Crippen molar-refractivity contribution in [3.8, 4) is 0 Å². The molecule has 4 nitrogen and oxygen atoms in total. The van der Waals surface area contributed by atoms with E-state index < -0.39 is 0 Å². The second kappa shape index (κ2) is 8.62. The first-order valence-corrected chi connectivity index (χ1v) is 8.57. The highest BCUT2D eigenvalue weighted by molar-refractivity contribution is 7.11. The maximum atomic E-state index is 13.3. The third-order valence-electron chi connectivity index (χ3n) is 3.49. The fraction of sp³-hybridized carbons (Fsp3) is 0.412. The lowest BCUT2D eigenvalue weighted by Crippen LogP contribution is -2.37. The lowest BCUT2D eigenvalue weighted by atomic mass is 10.1. The van der Waals surface area contributed by atoms with Crippen LogP contribution in [0, 0.1) is 12.7 Å². The summed E-state index contributed by atoms with van der Waals surface area (Å²) in [5, 5.41) is 7.65. The van der Waals surface area contributed by atoms with Crippen LogP contribution in [0.2, 0.25) is 0 Å². The first-order valence-electron chi connectivity index (χ1n) is 7.75. The number of aromatic nitrogens is 1. The Labute approximate surface area is 140 Å². The Morgan fingerprint density at radius 1 is 1.35 bits per heavy atom. The van der Waals surface area contributed by atoms with Crippen LogP contribution in [0.4, 0.5) is 4.39 Å². The van der Waals surface area contributed by atoms with E-state index in [2.05, 4.69) is 27.5 Å². The van der Waals surface area contributed by atoms with Crippen molar-refractivity contribution in [2.75, 3.05) is 13.6 Å². The van der Waals surface area contributed by atoms with Crippen molar-refractivity contribution >= 4 is 17.3 Å². The Hall–Kier alpha value is -1.95. The van der Waals surface area contributed by atoms with Gasteiger partial charge in [-0.2, -0.15) is 0 Å². The molecular formula is C17H23FN4S. The first-order chi connectivity index (χ1) is 11.1. The van der Waals surface area contributed by atoms with Gasteiger partial charge in [0.2, 0.25) is 0 Å². The number of benzene rings is 1. The SMILES string of the molecule is CCc1cnc(CCNC(=NC)NCc2ccc(F)c(C)c2)s1. The molecule has 2 N–H and O–H groups in total. The molecule has 0 spiro atoms. The van der Waals surface area contributed by atoms with Crippen molar-refractivity contribution in [1.29, 1.82) is 0 Å². The minimum Gasteiger partial charge on any atom is -0.356 e. The molecule has 0 radical (unpaired) electrons. The van der Waals surface area contributed by atoms with Crippen molar-refractivity contribution in [3.05, 3.63) is 51.2 Å². The Morgan fingerprint density at radius 3 is 2.83 bits per heavy atom. The lowest BCUT2D eigenvalue weighted by molar-refractivity contribution is 0.617. The number of thiazole rings is 1. The molecule has 124 valence electrons. The van der Waals surface area contributed by atoms with E-state index in [0.29, 0.717) is 12.1 Å². The molecule has 0 unspecified atom stereocenters. The normalized spacial score (nSPS) is 11.6. The maximum absolute atomic E-state index is 13.3. The van der Waals surface area contributed by atoms with Crippen molar-refractivity contribution < 1.29 is 4.39 Å². The van der Waals surface area contributed by atoms with Gasteiger partial charge in [-0.15, -0.1) is 11.3 Å². The molecule has 0 amide bonds. The standard InChI is InChI=1S/C17H23FN4S/c1-4-14-11-21-16(23-14)7-8-20-17(19-3)22-10-13-5-6-15(18)12(2)9-13/h5-6,9,11H,4,7-8,10H2,1-3H3,(H2,19,20,22). The molecule has 23 heavy (non-hydrogen) atoms. The van der Waals surface area contributed by atoms with Gasteiger partial charge in [-0.05, 0) is 30.5 Å². The molecule has 0 aliphatic heterocycles. The number of guanidine groups is 1. The number of halogens is 1. The average Bonchev–Trinajstić information content (AvgIpc) is 3.02. The molecule has 1 aromatic heterocycles. The highest BCUT2D eigenvalue weighted by atomic mass is 32.1. The zero-order valence-corrected chi connectivity index (χ0v) is 14.6. The van der Waals surface area contributed by atoms with Crippen LogP contribution in [-0.4, -0.2) is 24.5 Å². The molecule has 0 saturated heterocycles. The second-order valence-electron chi connectivity index (χ2n) is 5.26. The zero-order valence-electron chi connectivity index (χ0n) is 13.8. The monoisotopic (exact) mass is 334 g/mol. The molecule has 0 fully saturated rings. The largest absolute Gasteiger partial charge is 0.356 e. The molecule has 0 aliphatic rings. The van der Waals surface area contributed by atoms with Gasteiger partial charge in [0.25, 0.3) is 0 Å².